The highest BCUT2D eigenvalue weighted by atomic mass is 32.1. The number of thiol groups is 1. The Morgan fingerprint density at radius 1 is 0.511 bits per heavy atom. The molecule has 0 radical (unpaired) electrons. The van der Waals surface area contributed by atoms with Gasteiger partial charge in [-0.3, -0.25) is 0 Å². The molecule has 5 rings (SSSR count). The molecule has 0 aliphatic carbocycles. The van der Waals surface area contributed by atoms with Crippen molar-refractivity contribution in [3.63, 3.8) is 0 Å². The summed E-state index contributed by atoms with van der Waals surface area (Å²) in [5.74, 6) is 0. The van der Waals surface area contributed by atoms with Crippen molar-refractivity contribution in [2.75, 3.05) is 25.4 Å². The molecule has 0 fully saturated rings. The minimum Gasteiger partial charge on any atom is -0.312 e. The van der Waals surface area contributed by atoms with Gasteiger partial charge in [0, 0.05) is 18.0 Å². The van der Waals surface area contributed by atoms with Crippen molar-refractivity contribution in [2.45, 2.75) is 44.2 Å². The SMILES string of the molecule is CC(C)(C)c1cc(CNCCP(c2ccccc2)c2ccccc2)c(S)c(CNCCP(c2ccccc2)c2ccccc2)c1. The molecule has 5 aromatic carbocycles. The zero-order chi connectivity index (χ0) is 31.5. The lowest BCUT2D eigenvalue weighted by Gasteiger charge is -2.24. The first-order valence-corrected chi connectivity index (χ1v) is 19.4. The van der Waals surface area contributed by atoms with E-state index in [1.807, 2.05) is 0 Å². The molecule has 0 heterocycles. The van der Waals surface area contributed by atoms with Crippen molar-refractivity contribution in [3.8, 4) is 0 Å². The number of hydrogen-bond donors (Lipinski definition) is 3. The maximum Gasteiger partial charge on any atom is 0.0216 e. The molecular weight excluding hydrogens is 602 g/mol. The standard InChI is InChI=1S/C40H46N2P2S/c1-40(2,3)34-28-32(30-41-24-26-43(35-16-8-4-9-17-35)36-18-10-5-11-19-36)39(45)33(29-34)31-42-25-27-44(37-20-12-6-13-21-37)38-22-14-7-15-23-38/h4-23,28-29,41-42,45H,24-27,30-31H2,1-3H3. The highest BCUT2D eigenvalue weighted by Gasteiger charge is 2.19. The molecule has 0 spiro atoms. The third kappa shape index (κ3) is 9.62. The summed E-state index contributed by atoms with van der Waals surface area (Å²) in [6.07, 6.45) is 2.20. The van der Waals surface area contributed by atoms with E-state index in [9.17, 15) is 0 Å². The smallest absolute Gasteiger partial charge is 0.0216 e. The molecule has 0 aliphatic rings. The van der Waals surface area contributed by atoms with Crippen LogP contribution >= 0.6 is 28.5 Å². The van der Waals surface area contributed by atoms with Crippen LogP contribution < -0.4 is 31.9 Å². The average Bonchev–Trinajstić information content (AvgIpc) is 3.07. The molecule has 0 atom stereocenters. The zero-order valence-corrected chi connectivity index (χ0v) is 29.5. The second-order valence-electron chi connectivity index (χ2n) is 12.4. The Hall–Kier alpha value is -2.77. The van der Waals surface area contributed by atoms with Crippen LogP contribution in [0.3, 0.4) is 0 Å². The Bertz CT molecular complexity index is 1400. The summed E-state index contributed by atoms with van der Waals surface area (Å²) in [7, 11) is -0.819. The molecular formula is C40H46N2P2S. The van der Waals surface area contributed by atoms with E-state index in [0.717, 1.165) is 43.4 Å². The molecule has 2 N–H and O–H groups in total. The van der Waals surface area contributed by atoms with Crippen LogP contribution in [0.1, 0.15) is 37.5 Å². The molecule has 2 nitrogen and oxygen atoms in total. The molecule has 0 saturated heterocycles. The van der Waals surface area contributed by atoms with Crippen molar-refractivity contribution in [2.24, 2.45) is 0 Å². The van der Waals surface area contributed by atoms with E-state index in [-0.39, 0.29) is 5.41 Å². The fourth-order valence-electron chi connectivity index (χ4n) is 5.54. The Morgan fingerprint density at radius 2 is 0.822 bits per heavy atom. The third-order valence-corrected chi connectivity index (χ3v) is 13.7. The largest absolute Gasteiger partial charge is 0.312 e. The molecule has 0 unspecified atom stereocenters. The molecule has 0 bridgehead atoms. The lowest BCUT2D eigenvalue weighted by molar-refractivity contribution is 0.583. The Labute approximate surface area is 279 Å². The van der Waals surface area contributed by atoms with Crippen LogP contribution in [-0.4, -0.2) is 25.4 Å². The van der Waals surface area contributed by atoms with Gasteiger partial charge in [0.1, 0.15) is 0 Å². The van der Waals surface area contributed by atoms with Crippen molar-refractivity contribution in [1.29, 1.82) is 0 Å². The van der Waals surface area contributed by atoms with E-state index in [4.69, 9.17) is 12.6 Å². The maximum atomic E-state index is 5.10. The molecule has 232 valence electrons. The quantitative estimate of drug-likeness (QED) is 0.0653. The number of hydrogen-bond acceptors (Lipinski definition) is 3. The monoisotopic (exact) mass is 648 g/mol. The molecule has 0 amide bonds. The summed E-state index contributed by atoms with van der Waals surface area (Å²) in [6, 6.07) is 48.6. The first kappa shape index (κ1) is 33.6. The van der Waals surface area contributed by atoms with Crippen molar-refractivity contribution in [3.05, 3.63) is 150 Å². The normalized spacial score (nSPS) is 11.8. The van der Waals surface area contributed by atoms with Crippen LogP contribution in [0.2, 0.25) is 0 Å². The summed E-state index contributed by atoms with van der Waals surface area (Å²) >= 11 is 5.10. The average molecular weight is 649 g/mol. The van der Waals surface area contributed by atoms with Gasteiger partial charge in [0.15, 0.2) is 0 Å². The van der Waals surface area contributed by atoms with Crippen LogP contribution in [0.15, 0.2) is 138 Å². The van der Waals surface area contributed by atoms with Gasteiger partial charge in [-0.05, 0) is 84.6 Å². The predicted molar refractivity (Wildman–Crippen MR) is 204 cm³/mol. The Kier molecular flexibility index (Phi) is 12.5. The van der Waals surface area contributed by atoms with E-state index < -0.39 is 15.8 Å². The Morgan fingerprint density at radius 3 is 1.11 bits per heavy atom. The van der Waals surface area contributed by atoms with E-state index in [2.05, 4.69) is 165 Å². The summed E-state index contributed by atoms with van der Waals surface area (Å²) in [5, 5.41) is 13.3. The molecule has 5 aromatic rings. The summed E-state index contributed by atoms with van der Waals surface area (Å²) < 4.78 is 0. The second kappa shape index (κ2) is 16.7. The lowest BCUT2D eigenvalue weighted by Crippen LogP contribution is -2.25. The van der Waals surface area contributed by atoms with Crippen LogP contribution in [0.5, 0.6) is 0 Å². The molecule has 0 aromatic heterocycles. The van der Waals surface area contributed by atoms with Gasteiger partial charge < -0.3 is 10.6 Å². The van der Waals surface area contributed by atoms with Gasteiger partial charge in [-0.2, -0.15) is 0 Å². The molecule has 5 heteroatoms. The number of benzene rings is 5. The van der Waals surface area contributed by atoms with Crippen molar-refractivity contribution in [1.82, 2.24) is 10.6 Å². The van der Waals surface area contributed by atoms with Gasteiger partial charge in [0.2, 0.25) is 0 Å². The van der Waals surface area contributed by atoms with Gasteiger partial charge in [-0.15, -0.1) is 12.6 Å². The number of rotatable bonds is 14. The second-order valence-corrected chi connectivity index (χ2v) is 17.5. The summed E-state index contributed by atoms with van der Waals surface area (Å²) in [6.45, 7) is 10.4. The van der Waals surface area contributed by atoms with Crippen LogP contribution in [-0.2, 0) is 18.5 Å². The van der Waals surface area contributed by atoms with Crippen molar-refractivity contribution >= 4 is 49.7 Å². The van der Waals surface area contributed by atoms with Crippen molar-refractivity contribution < 1.29 is 0 Å². The van der Waals surface area contributed by atoms with Crippen LogP contribution in [0.4, 0.5) is 0 Å². The van der Waals surface area contributed by atoms with E-state index in [1.165, 1.54) is 37.9 Å². The minimum absolute atomic E-state index is 0.0643. The first-order chi connectivity index (χ1) is 21.9. The van der Waals surface area contributed by atoms with Gasteiger partial charge in [-0.25, -0.2) is 0 Å². The fourth-order valence-corrected chi connectivity index (χ4v) is 10.3. The Balaban J connectivity index is 1.24. The van der Waals surface area contributed by atoms with Gasteiger partial charge in [0.05, 0.1) is 0 Å². The van der Waals surface area contributed by atoms with Gasteiger partial charge in [0.25, 0.3) is 0 Å². The number of nitrogens with one attached hydrogen (secondary N) is 2. The highest BCUT2D eigenvalue weighted by molar-refractivity contribution is 7.80. The topological polar surface area (TPSA) is 24.1 Å². The zero-order valence-electron chi connectivity index (χ0n) is 26.8. The van der Waals surface area contributed by atoms with Gasteiger partial charge >= 0.3 is 0 Å². The highest BCUT2D eigenvalue weighted by Crippen LogP contribution is 2.34. The minimum atomic E-state index is -0.410. The van der Waals surface area contributed by atoms with Gasteiger partial charge in [-0.1, -0.05) is 154 Å². The van der Waals surface area contributed by atoms with E-state index in [0.29, 0.717) is 0 Å². The molecule has 0 aliphatic heterocycles. The maximum absolute atomic E-state index is 5.10. The molecule has 45 heavy (non-hydrogen) atoms. The summed E-state index contributed by atoms with van der Waals surface area (Å²) in [5.41, 5.74) is 3.99. The predicted octanol–water partition coefficient (Wildman–Crippen LogP) is 7.72. The first-order valence-electron chi connectivity index (χ1n) is 15.9. The molecule has 0 saturated carbocycles. The fraction of sp³-hybridized carbons (Fsp3) is 0.250. The third-order valence-electron chi connectivity index (χ3n) is 8.06. The summed E-state index contributed by atoms with van der Waals surface area (Å²) in [4.78, 5) is 1.10. The van der Waals surface area contributed by atoms with Crippen LogP contribution in [0.25, 0.3) is 0 Å². The van der Waals surface area contributed by atoms with E-state index in [1.54, 1.807) is 0 Å². The van der Waals surface area contributed by atoms with Crippen LogP contribution in [0, 0.1) is 0 Å². The lowest BCUT2D eigenvalue weighted by atomic mass is 9.85. The van der Waals surface area contributed by atoms with E-state index >= 15 is 0 Å².